The molecule has 0 bridgehead atoms. The van der Waals surface area contributed by atoms with Crippen LogP contribution in [0.2, 0.25) is 0 Å². The summed E-state index contributed by atoms with van der Waals surface area (Å²) < 4.78 is 11.2. The number of methoxy groups -OCH3 is 1. The number of H-pyrrole nitrogens is 1. The lowest BCUT2D eigenvalue weighted by Crippen LogP contribution is -2.66. The Morgan fingerprint density at radius 3 is 2.41 bits per heavy atom. The third-order valence-electron chi connectivity index (χ3n) is 8.48. The number of para-hydroxylation sites is 1. The zero-order chi connectivity index (χ0) is 32.0. The van der Waals surface area contributed by atoms with Gasteiger partial charge >= 0.3 is 6.09 Å². The van der Waals surface area contributed by atoms with Gasteiger partial charge in [-0.3, -0.25) is 14.4 Å². The molecule has 6 N–H and O–H groups in total. The summed E-state index contributed by atoms with van der Waals surface area (Å²) in [6.07, 6.45) is -0.533. The lowest BCUT2D eigenvalue weighted by atomic mass is 9.78. The van der Waals surface area contributed by atoms with Gasteiger partial charge in [0.2, 0.25) is 11.8 Å². The highest BCUT2D eigenvalue weighted by Gasteiger charge is 2.47. The van der Waals surface area contributed by atoms with E-state index >= 15 is 0 Å². The number of hydrogen-bond donors (Lipinski definition) is 5. The molecule has 1 aliphatic rings. The Kier molecular flexibility index (Phi) is 10.2. The zero-order valence-electron chi connectivity index (χ0n) is 26.0. The van der Waals surface area contributed by atoms with Crippen LogP contribution in [0.1, 0.15) is 57.4 Å². The predicted octanol–water partition coefficient (Wildman–Crippen LogP) is 3.49. The summed E-state index contributed by atoms with van der Waals surface area (Å²) in [4.78, 5) is 56.6. The minimum Gasteiger partial charge on any atom is -0.495 e. The number of aromatic amines is 1. The molecule has 1 unspecified atom stereocenters. The Morgan fingerprint density at radius 2 is 1.77 bits per heavy atom. The van der Waals surface area contributed by atoms with Gasteiger partial charge in [0.1, 0.15) is 17.3 Å². The van der Waals surface area contributed by atoms with E-state index < -0.39 is 41.5 Å². The fraction of sp³-hybridized carbons (Fsp3) is 0.455. The largest absolute Gasteiger partial charge is 0.495 e. The van der Waals surface area contributed by atoms with Crippen molar-refractivity contribution in [3.63, 3.8) is 0 Å². The van der Waals surface area contributed by atoms with Crippen LogP contribution in [0.15, 0.2) is 48.5 Å². The van der Waals surface area contributed by atoms with Crippen molar-refractivity contribution in [2.75, 3.05) is 7.11 Å². The number of benzene rings is 2. The van der Waals surface area contributed by atoms with Gasteiger partial charge in [0, 0.05) is 30.0 Å². The molecule has 0 saturated carbocycles. The molecular weight excluding hydrogens is 562 g/mol. The topological polar surface area (TPSA) is 165 Å². The number of ether oxygens (including phenoxy) is 2. The monoisotopic (exact) mass is 605 g/mol. The summed E-state index contributed by atoms with van der Waals surface area (Å²) in [5.74, 6) is -1.74. The number of carbonyl (C=O) groups is 4. The van der Waals surface area contributed by atoms with Gasteiger partial charge in [-0.05, 0) is 42.4 Å². The van der Waals surface area contributed by atoms with E-state index in [0.717, 1.165) is 27.7 Å². The van der Waals surface area contributed by atoms with Crippen LogP contribution in [0.5, 0.6) is 5.75 Å². The van der Waals surface area contributed by atoms with Crippen molar-refractivity contribution in [3.05, 3.63) is 65.4 Å². The van der Waals surface area contributed by atoms with Gasteiger partial charge in [-0.1, -0.05) is 70.2 Å². The number of nitrogens with two attached hydrogens (primary N) is 1. The number of nitrogens with one attached hydrogen (secondary N) is 4. The molecular formula is C33H43N5O6. The lowest BCUT2D eigenvalue weighted by molar-refractivity contribution is -0.141. The van der Waals surface area contributed by atoms with E-state index in [1.54, 1.807) is 21.0 Å². The van der Waals surface area contributed by atoms with Crippen LogP contribution >= 0.6 is 0 Å². The molecule has 1 heterocycles. The first-order valence-electron chi connectivity index (χ1n) is 15.1. The van der Waals surface area contributed by atoms with Crippen LogP contribution in [0.25, 0.3) is 10.9 Å². The zero-order valence-corrected chi connectivity index (χ0v) is 26.0. The van der Waals surface area contributed by atoms with E-state index in [-0.39, 0.29) is 31.2 Å². The molecule has 0 spiro atoms. The molecule has 0 fully saturated rings. The summed E-state index contributed by atoms with van der Waals surface area (Å²) in [7, 11) is 1.59. The van der Waals surface area contributed by atoms with E-state index in [0.29, 0.717) is 18.6 Å². The van der Waals surface area contributed by atoms with Crippen molar-refractivity contribution in [3.8, 4) is 5.75 Å². The number of primary amides is 1. The van der Waals surface area contributed by atoms with Gasteiger partial charge in [-0.15, -0.1) is 0 Å². The highest BCUT2D eigenvalue weighted by atomic mass is 16.6. The number of aromatic nitrogens is 1. The van der Waals surface area contributed by atoms with Gasteiger partial charge in [0.05, 0.1) is 12.6 Å². The van der Waals surface area contributed by atoms with Gasteiger partial charge in [0.15, 0.2) is 6.10 Å². The maximum absolute atomic E-state index is 14.1. The first kappa shape index (κ1) is 32.4. The molecule has 4 amide bonds. The van der Waals surface area contributed by atoms with Crippen molar-refractivity contribution < 1.29 is 28.7 Å². The highest BCUT2D eigenvalue weighted by molar-refractivity contribution is 5.98. The molecule has 1 aromatic heterocycles. The first-order valence-corrected chi connectivity index (χ1v) is 15.1. The Hall–Kier alpha value is -4.54. The van der Waals surface area contributed by atoms with Crippen LogP contribution < -0.4 is 26.4 Å². The Balaban J connectivity index is 1.65. The molecule has 44 heavy (non-hydrogen) atoms. The fourth-order valence-corrected chi connectivity index (χ4v) is 5.69. The van der Waals surface area contributed by atoms with E-state index in [1.165, 1.54) is 0 Å². The average molecular weight is 606 g/mol. The molecule has 3 aromatic rings. The second kappa shape index (κ2) is 13.8. The lowest BCUT2D eigenvalue weighted by Gasteiger charge is -2.39. The number of hydrogen-bond acceptors (Lipinski definition) is 6. The van der Waals surface area contributed by atoms with Gasteiger partial charge in [0.25, 0.3) is 5.91 Å². The number of fused-ring (bicyclic) bond motifs is 3. The quantitative estimate of drug-likeness (QED) is 0.212. The SMILES string of the molecule is CC[C@H](C)C(OC(=O)NCc1ccccc1)C(=O)N[C@]1(C(=O)N[C@H](C(N)=O)C(C)C)CCc2[nH]c3c(OC)cccc3c2C1. The van der Waals surface area contributed by atoms with Gasteiger partial charge in [-0.25, -0.2) is 4.79 Å². The van der Waals surface area contributed by atoms with E-state index in [9.17, 15) is 19.2 Å². The number of carbonyl (C=O) groups excluding carboxylic acids is 4. The molecule has 0 saturated heterocycles. The normalized spacial score (nSPS) is 18.0. The van der Waals surface area contributed by atoms with Crippen LogP contribution in [0.4, 0.5) is 4.79 Å². The molecule has 0 radical (unpaired) electrons. The standard InChI is InChI=1S/C33H43N5O6/c1-6-20(4)28(44-32(42)35-18-21-11-8-7-9-12-21)30(40)38-33(31(41)37-26(19(2)3)29(34)39)16-15-24-23(17-33)22-13-10-14-25(43-5)27(22)36-24/h7-14,19-20,26,28,36H,6,15-18H2,1-5H3,(H2,34,39)(H,35,42)(H,37,41)(H,38,40)/t20-,26-,28?,33+/m0/s1. The number of rotatable bonds is 12. The number of alkyl carbamates (subject to hydrolysis) is 1. The fourth-order valence-electron chi connectivity index (χ4n) is 5.69. The summed E-state index contributed by atoms with van der Waals surface area (Å²) in [6.45, 7) is 7.51. The Labute approximate surface area is 257 Å². The first-order chi connectivity index (χ1) is 21.0. The molecule has 236 valence electrons. The Morgan fingerprint density at radius 1 is 1.05 bits per heavy atom. The minimum absolute atomic E-state index is 0.143. The number of amides is 4. The second-order valence-electron chi connectivity index (χ2n) is 11.9. The van der Waals surface area contributed by atoms with Crippen molar-refractivity contribution in [1.82, 2.24) is 20.9 Å². The van der Waals surface area contributed by atoms with Crippen LogP contribution in [0, 0.1) is 11.8 Å². The summed E-state index contributed by atoms with van der Waals surface area (Å²) in [6, 6.07) is 14.1. The third-order valence-corrected chi connectivity index (χ3v) is 8.48. The predicted molar refractivity (Wildman–Crippen MR) is 167 cm³/mol. The molecule has 11 nitrogen and oxygen atoms in total. The molecule has 1 aliphatic carbocycles. The molecule has 11 heteroatoms. The minimum atomic E-state index is -1.44. The maximum atomic E-state index is 14.1. The summed E-state index contributed by atoms with van der Waals surface area (Å²) in [5.41, 5.74) is 7.67. The molecule has 4 atom stereocenters. The van der Waals surface area contributed by atoms with Crippen molar-refractivity contribution >= 4 is 34.7 Å². The van der Waals surface area contributed by atoms with Gasteiger partial charge < -0.3 is 36.1 Å². The van der Waals surface area contributed by atoms with Crippen LogP contribution in [0.3, 0.4) is 0 Å². The van der Waals surface area contributed by atoms with Gasteiger partial charge in [-0.2, -0.15) is 0 Å². The Bertz CT molecular complexity index is 1500. The number of aryl methyl sites for hydroxylation is 1. The molecule has 0 aliphatic heterocycles. The van der Waals surface area contributed by atoms with E-state index in [1.807, 2.05) is 62.4 Å². The van der Waals surface area contributed by atoms with Crippen molar-refractivity contribution in [2.24, 2.45) is 17.6 Å². The van der Waals surface area contributed by atoms with Crippen LogP contribution in [-0.2, 0) is 38.5 Å². The second-order valence-corrected chi connectivity index (χ2v) is 11.9. The maximum Gasteiger partial charge on any atom is 0.408 e. The van der Waals surface area contributed by atoms with Crippen molar-refractivity contribution in [1.29, 1.82) is 0 Å². The smallest absolute Gasteiger partial charge is 0.408 e. The van der Waals surface area contributed by atoms with E-state index in [2.05, 4.69) is 20.9 Å². The molecule has 4 rings (SSSR count). The van der Waals surface area contributed by atoms with E-state index in [4.69, 9.17) is 15.2 Å². The summed E-state index contributed by atoms with van der Waals surface area (Å²) >= 11 is 0. The van der Waals surface area contributed by atoms with Crippen LogP contribution in [-0.4, -0.2) is 53.6 Å². The average Bonchev–Trinajstić information content (AvgIpc) is 3.38. The highest BCUT2D eigenvalue weighted by Crippen LogP contribution is 2.37. The summed E-state index contributed by atoms with van der Waals surface area (Å²) in [5, 5.41) is 9.36. The van der Waals surface area contributed by atoms with Crippen molar-refractivity contribution in [2.45, 2.75) is 77.6 Å². The molecule has 2 aromatic carbocycles. The third kappa shape index (κ3) is 6.98.